The van der Waals surface area contributed by atoms with Crippen molar-refractivity contribution in [1.29, 1.82) is 0 Å². The number of furan rings is 3. The molecule has 0 aliphatic rings. The Morgan fingerprint density at radius 3 is 0.800 bits per heavy atom. The molecule has 0 bridgehead atoms. The summed E-state index contributed by atoms with van der Waals surface area (Å²) < 4.78 is 27.9. The van der Waals surface area contributed by atoms with Crippen LogP contribution in [0, 0.1) is 0 Å². The summed E-state index contributed by atoms with van der Waals surface area (Å²) in [6.45, 7) is 0. The van der Waals surface area contributed by atoms with Crippen LogP contribution in [0.4, 0.5) is 0 Å². The number of hydrogen-bond donors (Lipinski definition) is 0. The minimum Gasteiger partial charge on any atom is -0.455 e. The summed E-state index contributed by atoms with van der Waals surface area (Å²) in [5.41, 5.74) is 32.4. The van der Waals surface area contributed by atoms with Crippen LogP contribution in [-0.4, -0.2) is 44.9 Å². The molecule has 0 atom stereocenters. The Hall–Kier alpha value is -19.3. The molecule has 702 valence electrons. The third-order valence-corrected chi connectivity index (χ3v) is 31.9. The zero-order chi connectivity index (χ0) is 99.1. The van der Waals surface area contributed by atoms with E-state index < -0.39 is 0 Å². The summed E-state index contributed by atoms with van der Waals surface area (Å²) in [5, 5.41) is 13.9. The molecule has 0 unspecified atom stereocenters. The maximum atomic E-state index is 6.77. The van der Waals surface area contributed by atoms with E-state index in [1.54, 1.807) is 0 Å². The Morgan fingerprint density at radius 1 is 0.153 bits per heavy atom. The molecule has 0 fully saturated rings. The number of nitrogens with zero attached hydrogens (tertiary/aromatic N) is 9. The van der Waals surface area contributed by atoms with Crippen LogP contribution in [0.2, 0.25) is 0 Å². The van der Waals surface area contributed by atoms with Gasteiger partial charge >= 0.3 is 0 Å². The number of hydrogen-bond acceptors (Lipinski definition) is 15. The Kier molecular flexibility index (Phi) is 22.2. The van der Waals surface area contributed by atoms with Crippen LogP contribution in [0.15, 0.2) is 505 Å². The molecule has 0 saturated heterocycles. The van der Waals surface area contributed by atoms with Gasteiger partial charge in [0.25, 0.3) is 0 Å². The smallest absolute Gasteiger partial charge is 0.161 e. The molecule has 15 heteroatoms. The van der Waals surface area contributed by atoms with Crippen molar-refractivity contribution in [1.82, 2.24) is 44.9 Å². The fourth-order valence-corrected chi connectivity index (χ4v) is 24.9. The summed E-state index contributed by atoms with van der Waals surface area (Å²) in [4.78, 5) is 43.9. The van der Waals surface area contributed by atoms with Crippen molar-refractivity contribution >= 4 is 160 Å². The summed E-state index contributed by atoms with van der Waals surface area (Å²) >= 11 is 5.49. The second kappa shape index (κ2) is 37.7. The maximum Gasteiger partial charge on any atom is 0.161 e. The van der Waals surface area contributed by atoms with Gasteiger partial charge in [0.2, 0.25) is 0 Å². The highest BCUT2D eigenvalue weighted by atomic mass is 32.1. The lowest BCUT2D eigenvalue weighted by Gasteiger charge is -2.12. The molecule has 0 aliphatic heterocycles. The first-order chi connectivity index (χ1) is 74.3. The van der Waals surface area contributed by atoms with Crippen LogP contribution in [0.3, 0.4) is 0 Å². The lowest BCUT2D eigenvalue weighted by Crippen LogP contribution is -1.97. The van der Waals surface area contributed by atoms with E-state index in [1.165, 1.54) is 71.6 Å². The molecule has 0 aliphatic carbocycles. The Bertz CT molecular complexity index is 9570. The Morgan fingerprint density at radius 2 is 0.413 bits per heavy atom. The minimum absolute atomic E-state index is 0.652. The van der Waals surface area contributed by atoms with Crippen molar-refractivity contribution < 1.29 is 13.3 Å². The summed E-state index contributed by atoms with van der Waals surface area (Å²) in [6.07, 6.45) is 10.9. The minimum atomic E-state index is 0.652. The van der Waals surface area contributed by atoms with Crippen molar-refractivity contribution in [2.75, 3.05) is 0 Å². The fourth-order valence-electron chi connectivity index (χ4n) is 21.2. The number of rotatable bonds is 15. The van der Waals surface area contributed by atoms with Gasteiger partial charge < -0.3 is 13.3 Å². The summed E-state index contributed by atoms with van der Waals surface area (Å²) in [5.74, 6) is 1.99. The number of benzene rings is 18. The van der Waals surface area contributed by atoms with Crippen LogP contribution in [0.1, 0.15) is 0 Å². The topological polar surface area (TPSA) is 155 Å². The van der Waals surface area contributed by atoms with E-state index in [-0.39, 0.29) is 0 Å². The van der Waals surface area contributed by atoms with Gasteiger partial charge in [-0.1, -0.05) is 322 Å². The van der Waals surface area contributed by atoms with Crippen molar-refractivity contribution in [2.45, 2.75) is 0 Å². The van der Waals surface area contributed by atoms with E-state index in [9.17, 15) is 0 Å². The number of pyridine rings is 3. The van der Waals surface area contributed by atoms with Gasteiger partial charge in [-0.05, 0) is 167 Å². The highest BCUT2D eigenvalue weighted by Crippen LogP contribution is 2.52. The predicted molar refractivity (Wildman–Crippen MR) is 622 cm³/mol. The van der Waals surface area contributed by atoms with Crippen molar-refractivity contribution in [3.8, 4) is 168 Å². The van der Waals surface area contributed by atoms with Gasteiger partial charge in [-0.3, -0.25) is 15.0 Å². The average molecular weight is 1970 g/mol. The van der Waals surface area contributed by atoms with E-state index in [2.05, 4.69) is 343 Å². The summed E-state index contributed by atoms with van der Waals surface area (Å²) in [7, 11) is 0. The van der Waals surface area contributed by atoms with Crippen LogP contribution < -0.4 is 0 Å². The molecule has 12 nitrogen and oxygen atoms in total. The van der Waals surface area contributed by atoms with Crippen LogP contribution in [-0.2, 0) is 0 Å². The molecule has 30 aromatic rings. The van der Waals surface area contributed by atoms with Crippen molar-refractivity contribution in [3.63, 3.8) is 0 Å². The lowest BCUT2D eigenvalue weighted by molar-refractivity contribution is 0.669. The van der Waals surface area contributed by atoms with E-state index in [0.29, 0.717) is 17.5 Å². The van der Waals surface area contributed by atoms with Gasteiger partial charge in [-0.25, -0.2) is 29.9 Å². The first-order valence-corrected chi connectivity index (χ1v) is 52.2. The number of fused-ring (bicyclic) bond motifs is 18. The van der Waals surface area contributed by atoms with E-state index in [4.69, 9.17) is 43.2 Å². The highest BCUT2D eigenvalue weighted by molar-refractivity contribution is 7.27. The zero-order valence-corrected chi connectivity index (χ0v) is 82.7. The quantitative estimate of drug-likeness (QED) is 0.0959. The summed E-state index contributed by atoms with van der Waals surface area (Å²) in [6, 6.07) is 158. The van der Waals surface area contributed by atoms with Crippen molar-refractivity contribution in [2.24, 2.45) is 0 Å². The third kappa shape index (κ3) is 16.0. The van der Waals surface area contributed by atoms with E-state index in [0.717, 1.165) is 206 Å². The monoisotopic (exact) mass is 1970 g/mol. The van der Waals surface area contributed by atoms with Gasteiger partial charge in [0.1, 0.15) is 33.5 Å². The zero-order valence-electron chi connectivity index (χ0n) is 80.2. The largest absolute Gasteiger partial charge is 0.455 e. The normalized spacial score (nSPS) is 11.6. The molecule has 150 heavy (non-hydrogen) atoms. The molecule has 12 aromatic heterocycles. The van der Waals surface area contributed by atoms with Gasteiger partial charge in [0.15, 0.2) is 17.5 Å². The predicted octanol–water partition coefficient (Wildman–Crippen LogP) is 37.4. The second-order valence-corrected chi connectivity index (χ2v) is 40.3. The molecule has 30 rings (SSSR count). The fraction of sp³-hybridized carbons (Fsp3) is 0. The molecule has 12 heterocycles. The van der Waals surface area contributed by atoms with Gasteiger partial charge in [0, 0.05) is 213 Å². The lowest BCUT2D eigenvalue weighted by atomic mass is 9.95. The van der Waals surface area contributed by atoms with Gasteiger partial charge in [-0.2, -0.15) is 0 Å². The molecule has 0 spiro atoms. The SMILES string of the molecule is c1ccc(-c2cc(-c3ccc(-c4cccc5c4sc4ccccc45)c4oc5ccccc5c34)nc(-c3cccc(-c4ccncc4)c3)n2)cc1.c1ccc(-c2cc(-c3cccc(-c4ccncc4)c3)nc(-c3ccc(-c4cccc5c4sc4ccccc45)c4oc5ccccc5c34)n2)cc1.c1ccc(-c2nc(-c3cccc(-c4ccncc4)c3)cc(-c3ccc(-c4cccc5c4sc4ccccc45)c4oc5ccccc5c34)n2)cc1. The Labute approximate surface area is 872 Å². The molecule has 18 aromatic carbocycles. The van der Waals surface area contributed by atoms with Gasteiger partial charge in [-0.15, -0.1) is 34.0 Å². The van der Waals surface area contributed by atoms with E-state index >= 15 is 0 Å². The highest BCUT2D eigenvalue weighted by Gasteiger charge is 2.28. The number of para-hydroxylation sites is 3. The molecular weight excluding hydrogens is 1890 g/mol. The standard InChI is InChI=1S/3C45H27N3OS/c1-2-10-29(11-3-1)45-47-38(31-13-8-12-30(26-31)28-22-24-46-25-23-28)27-39(48-45)36-21-20-33(43-42(36)37-15-4-6-18-40(37)49-43)35-17-9-16-34-32-14-5-7-19-41(32)50-44(34)35;1-2-10-29(11-3-1)38-27-39(48-45(47-38)31-13-8-12-30(26-31)28-22-24-46-25-23-28)36-21-20-33(43-42(36)37-15-4-6-18-40(37)49-43)35-17-9-16-34-32-14-5-7-19-41(32)50-44(34)35;1-2-10-29(11-3-1)38-27-39(31-13-8-12-30(26-31)28-22-24-46-25-23-28)48-45(47-38)37-21-20-33(43-42(37)36-15-4-6-18-40(36)49-43)35-17-9-16-34-32-14-5-7-19-41(32)50-44(34)35/h3*1-27H. The van der Waals surface area contributed by atoms with Crippen LogP contribution >= 0.6 is 34.0 Å². The number of aromatic nitrogens is 9. The molecule has 0 radical (unpaired) electrons. The molecule has 0 saturated carbocycles. The molecule has 0 N–H and O–H groups in total. The first-order valence-electron chi connectivity index (χ1n) is 49.8. The van der Waals surface area contributed by atoms with Crippen LogP contribution in [0.25, 0.3) is 295 Å². The van der Waals surface area contributed by atoms with Crippen molar-refractivity contribution in [3.05, 3.63) is 492 Å². The molecule has 0 amide bonds. The number of thiophene rings is 3. The third-order valence-electron chi connectivity index (χ3n) is 28.3. The first kappa shape index (κ1) is 88.4. The molecular formula is C135H81N9O3S3. The van der Waals surface area contributed by atoms with E-state index in [1.807, 2.05) is 199 Å². The van der Waals surface area contributed by atoms with Gasteiger partial charge in [0.05, 0.1) is 34.2 Å². The van der Waals surface area contributed by atoms with Crippen LogP contribution in [0.5, 0.6) is 0 Å². The Balaban J connectivity index is 0.000000108. The average Bonchev–Trinajstić information content (AvgIpc) is 1.58. The second-order valence-electron chi connectivity index (χ2n) is 37.2. The maximum absolute atomic E-state index is 6.77.